The van der Waals surface area contributed by atoms with E-state index in [1.807, 2.05) is 6.07 Å². The van der Waals surface area contributed by atoms with Crippen LogP contribution in [0.1, 0.15) is 49.9 Å². The van der Waals surface area contributed by atoms with Crippen LogP contribution < -0.4 is 5.32 Å². The Morgan fingerprint density at radius 3 is 2.79 bits per heavy atom. The zero-order valence-corrected chi connectivity index (χ0v) is 12.5. The highest BCUT2D eigenvalue weighted by molar-refractivity contribution is 7.10. The van der Waals surface area contributed by atoms with Crippen molar-refractivity contribution >= 4 is 17.3 Å². The van der Waals surface area contributed by atoms with Crippen LogP contribution in [0, 0.1) is 5.92 Å². The maximum atomic E-state index is 11.6. The van der Waals surface area contributed by atoms with Crippen molar-refractivity contribution in [1.29, 1.82) is 0 Å². The Morgan fingerprint density at radius 2 is 2.21 bits per heavy atom. The number of nitrogens with one attached hydrogen (secondary N) is 1. The lowest BCUT2D eigenvalue weighted by atomic mass is 9.87. The fraction of sp³-hybridized carbons (Fsp3) is 0.667. The molecule has 3 nitrogen and oxygen atoms in total. The van der Waals surface area contributed by atoms with Gasteiger partial charge in [0.1, 0.15) is 0 Å². The summed E-state index contributed by atoms with van der Waals surface area (Å²) < 4.78 is 4.81. The van der Waals surface area contributed by atoms with Crippen LogP contribution in [0.5, 0.6) is 0 Å². The number of hydrogen-bond acceptors (Lipinski definition) is 4. The summed E-state index contributed by atoms with van der Waals surface area (Å²) in [4.78, 5) is 12.8. The van der Waals surface area contributed by atoms with E-state index in [2.05, 4.69) is 23.7 Å². The molecule has 1 aromatic rings. The molecule has 1 aromatic heterocycles. The third-order valence-corrected chi connectivity index (χ3v) is 4.92. The highest BCUT2D eigenvalue weighted by Crippen LogP contribution is 2.28. The molecule has 1 saturated carbocycles. The van der Waals surface area contributed by atoms with E-state index in [1.54, 1.807) is 11.3 Å². The first-order valence-electron chi connectivity index (χ1n) is 7.05. The zero-order chi connectivity index (χ0) is 13.7. The van der Waals surface area contributed by atoms with Crippen molar-refractivity contribution in [2.45, 2.75) is 51.1 Å². The predicted molar refractivity (Wildman–Crippen MR) is 78.2 cm³/mol. The minimum Gasteiger partial charge on any atom is -0.469 e. The van der Waals surface area contributed by atoms with Crippen molar-refractivity contribution in [3.8, 4) is 0 Å². The van der Waals surface area contributed by atoms with Crippen LogP contribution in [-0.2, 0) is 9.53 Å². The summed E-state index contributed by atoms with van der Waals surface area (Å²) in [6.45, 7) is 2.32. The molecule has 1 atom stereocenters. The molecule has 1 N–H and O–H groups in total. The van der Waals surface area contributed by atoms with E-state index in [1.165, 1.54) is 37.7 Å². The third-order valence-electron chi connectivity index (χ3n) is 3.94. The van der Waals surface area contributed by atoms with Gasteiger partial charge >= 0.3 is 5.97 Å². The topological polar surface area (TPSA) is 38.3 Å². The van der Waals surface area contributed by atoms with Crippen LogP contribution in [0.2, 0.25) is 0 Å². The van der Waals surface area contributed by atoms with E-state index in [4.69, 9.17) is 4.74 Å². The standard InChI is InChI=1S/C15H23NO2S/c1-11-5-7-12(8-6-11)16-13(10-15(17)18-2)14-4-3-9-19-14/h3-4,9,11-13,16H,5-8,10H2,1-2H3. The first-order chi connectivity index (χ1) is 9.19. The number of hydrogen-bond donors (Lipinski definition) is 1. The summed E-state index contributed by atoms with van der Waals surface area (Å²) in [6.07, 6.45) is 5.41. The van der Waals surface area contributed by atoms with E-state index < -0.39 is 0 Å². The Kier molecular flexibility index (Phi) is 5.40. The number of carbonyl (C=O) groups is 1. The largest absolute Gasteiger partial charge is 0.469 e. The summed E-state index contributed by atoms with van der Waals surface area (Å²) in [7, 11) is 1.45. The lowest BCUT2D eigenvalue weighted by Gasteiger charge is -2.30. The molecule has 2 rings (SSSR count). The van der Waals surface area contributed by atoms with Crippen LogP contribution >= 0.6 is 11.3 Å². The molecular formula is C15H23NO2S. The van der Waals surface area contributed by atoms with E-state index >= 15 is 0 Å². The smallest absolute Gasteiger partial charge is 0.307 e. The molecular weight excluding hydrogens is 258 g/mol. The Morgan fingerprint density at radius 1 is 1.47 bits per heavy atom. The summed E-state index contributed by atoms with van der Waals surface area (Å²) in [5, 5.41) is 5.71. The Balaban J connectivity index is 1.95. The third kappa shape index (κ3) is 4.32. The monoisotopic (exact) mass is 281 g/mol. The summed E-state index contributed by atoms with van der Waals surface area (Å²) >= 11 is 1.70. The summed E-state index contributed by atoms with van der Waals surface area (Å²) in [5.74, 6) is 0.703. The van der Waals surface area contributed by atoms with Gasteiger partial charge in [0, 0.05) is 10.9 Å². The van der Waals surface area contributed by atoms with Crippen molar-refractivity contribution in [3.63, 3.8) is 0 Å². The van der Waals surface area contributed by atoms with Crippen molar-refractivity contribution in [2.24, 2.45) is 5.92 Å². The second kappa shape index (κ2) is 7.06. The lowest BCUT2D eigenvalue weighted by Crippen LogP contribution is -2.36. The SMILES string of the molecule is COC(=O)CC(NC1CCC(C)CC1)c1cccs1. The van der Waals surface area contributed by atoms with Gasteiger partial charge in [-0.3, -0.25) is 4.79 Å². The van der Waals surface area contributed by atoms with Crippen molar-refractivity contribution in [1.82, 2.24) is 5.32 Å². The molecule has 0 saturated heterocycles. The quantitative estimate of drug-likeness (QED) is 0.839. The Bertz CT molecular complexity index is 383. The fourth-order valence-corrected chi connectivity index (χ4v) is 3.48. The molecule has 0 bridgehead atoms. The second-order valence-electron chi connectivity index (χ2n) is 5.47. The maximum Gasteiger partial charge on any atom is 0.307 e. The van der Waals surface area contributed by atoms with Crippen LogP contribution in [0.4, 0.5) is 0 Å². The molecule has 0 amide bonds. The minimum absolute atomic E-state index is 0.103. The van der Waals surface area contributed by atoms with Gasteiger partial charge in [0.25, 0.3) is 0 Å². The van der Waals surface area contributed by atoms with Crippen LogP contribution in [0.15, 0.2) is 17.5 Å². The van der Waals surface area contributed by atoms with Gasteiger partial charge in [-0.05, 0) is 43.0 Å². The highest BCUT2D eigenvalue weighted by Gasteiger charge is 2.24. The lowest BCUT2D eigenvalue weighted by molar-refractivity contribution is -0.141. The number of ether oxygens (including phenoxy) is 1. The molecule has 0 aromatic carbocycles. The van der Waals surface area contributed by atoms with Gasteiger partial charge in [0.2, 0.25) is 0 Å². The van der Waals surface area contributed by atoms with Crippen molar-refractivity contribution in [2.75, 3.05) is 7.11 Å². The van der Waals surface area contributed by atoms with Crippen LogP contribution in [0.3, 0.4) is 0 Å². The van der Waals surface area contributed by atoms with Crippen LogP contribution in [-0.4, -0.2) is 19.1 Å². The summed E-state index contributed by atoms with van der Waals surface area (Å²) in [5.41, 5.74) is 0. The molecule has 1 unspecified atom stereocenters. The molecule has 1 aliphatic rings. The molecule has 106 valence electrons. The predicted octanol–water partition coefficient (Wildman–Crippen LogP) is 3.52. The molecule has 4 heteroatoms. The van der Waals surface area contributed by atoms with Crippen LogP contribution in [0.25, 0.3) is 0 Å². The van der Waals surface area contributed by atoms with E-state index in [9.17, 15) is 4.79 Å². The molecule has 19 heavy (non-hydrogen) atoms. The zero-order valence-electron chi connectivity index (χ0n) is 11.7. The first kappa shape index (κ1) is 14.5. The van der Waals surface area contributed by atoms with E-state index in [-0.39, 0.29) is 12.0 Å². The number of rotatable bonds is 5. The average Bonchev–Trinajstić information content (AvgIpc) is 2.94. The summed E-state index contributed by atoms with van der Waals surface area (Å²) in [6, 6.07) is 4.77. The molecule has 0 spiro atoms. The van der Waals surface area contributed by atoms with Gasteiger partial charge in [0.05, 0.1) is 19.6 Å². The number of thiophene rings is 1. The molecule has 1 fully saturated rings. The number of carbonyl (C=O) groups excluding carboxylic acids is 1. The van der Waals surface area contributed by atoms with Gasteiger partial charge in [0.15, 0.2) is 0 Å². The Labute approximate surface area is 119 Å². The number of esters is 1. The van der Waals surface area contributed by atoms with Gasteiger partial charge in [-0.25, -0.2) is 0 Å². The van der Waals surface area contributed by atoms with Gasteiger partial charge in [-0.2, -0.15) is 0 Å². The molecule has 0 aliphatic heterocycles. The van der Waals surface area contributed by atoms with Gasteiger partial charge in [-0.1, -0.05) is 13.0 Å². The maximum absolute atomic E-state index is 11.6. The molecule has 1 aliphatic carbocycles. The number of methoxy groups -OCH3 is 1. The minimum atomic E-state index is -0.143. The van der Waals surface area contributed by atoms with E-state index in [0.717, 1.165) is 5.92 Å². The normalized spacial score (nSPS) is 24.9. The Hall–Kier alpha value is -0.870. The molecule has 0 radical (unpaired) electrons. The van der Waals surface area contributed by atoms with Gasteiger partial charge < -0.3 is 10.1 Å². The fourth-order valence-electron chi connectivity index (χ4n) is 2.69. The van der Waals surface area contributed by atoms with Gasteiger partial charge in [-0.15, -0.1) is 11.3 Å². The second-order valence-corrected chi connectivity index (χ2v) is 6.45. The van der Waals surface area contributed by atoms with Crippen molar-refractivity contribution in [3.05, 3.63) is 22.4 Å². The van der Waals surface area contributed by atoms with E-state index in [0.29, 0.717) is 12.5 Å². The first-order valence-corrected chi connectivity index (χ1v) is 7.93. The highest BCUT2D eigenvalue weighted by atomic mass is 32.1. The van der Waals surface area contributed by atoms with Crippen molar-refractivity contribution < 1.29 is 9.53 Å². The molecule has 1 heterocycles. The average molecular weight is 281 g/mol.